The zero-order chi connectivity index (χ0) is 12.9. The Morgan fingerprint density at radius 3 is 2.94 bits per heavy atom. The highest BCUT2D eigenvalue weighted by molar-refractivity contribution is 8.00. The van der Waals surface area contributed by atoms with E-state index in [0.717, 1.165) is 22.6 Å². The zero-order valence-electron chi connectivity index (χ0n) is 9.92. The molecule has 18 heavy (non-hydrogen) atoms. The van der Waals surface area contributed by atoms with E-state index < -0.39 is 5.97 Å². The molecule has 1 aliphatic heterocycles. The highest BCUT2D eigenvalue weighted by atomic mass is 32.2. The summed E-state index contributed by atoms with van der Waals surface area (Å²) in [7, 11) is 1.78. The standard InChI is InChI=1S/C13H13NO3S/c1-14-10-3-2-7(8-5-9(8)13(16)17)4-11(10)18-6-12(14)15/h2-4,8-9H,5-6H2,1H3,(H,16,17). The normalized spacial score (nSPS) is 25.8. The molecular formula is C13H13NO3S. The number of carboxylic acids is 1. The summed E-state index contributed by atoms with van der Waals surface area (Å²) in [6.45, 7) is 0. The van der Waals surface area contributed by atoms with Gasteiger partial charge in [0, 0.05) is 11.9 Å². The Kier molecular flexibility index (Phi) is 2.59. The van der Waals surface area contributed by atoms with Crippen LogP contribution in [0.1, 0.15) is 17.9 Å². The van der Waals surface area contributed by atoms with Crippen LogP contribution < -0.4 is 4.90 Å². The first-order valence-corrected chi connectivity index (χ1v) is 6.82. The second-order valence-corrected chi connectivity index (χ2v) is 5.77. The van der Waals surface area contributed by atoms with Gasteiger partial charge in [-0.05, 0) is 30.0 Å². The van der Waals surface area contributed by atoms with E-state index in [0.29, 0.717) is 5.75 Å². The lowest BCUT2D eigenvalue weighted by molar-refractivity contribution is -0.138. The van der Waals surface area contributed by atoms with Crippen molar-refractivity contribution < 1.29 is 14.7 Å². The fraction of sp³-hybridized carbons (Fsp3) is 0.385. The molecule has 1 heterocycles. The number of amides is 1. The fourth-order valence-electron chi connectivity index (χ4n) is 2.36. The molecule has 1 amide bonds. The summed E-state index contributed by atoms with van der Waals surface area (Å²) in [5, 5.41) is 8.94. The van der Waals surface area contributed by atoms with Crippen LogP contribution in [0.15, 0.2) is 23.1 Å². The molecule has 1 aliphatic carbocycles. The average molecular weight is 263 g/mol. The zero-order valence-corrected chi connectivity index (χ0v) is 10.7. The van der Waals surface area contributed by atoms with Gasteiger partial charge in [0.05, 0.1) is 17.4 Å². The van der Waals surface area contributed by atoms with Crippen LogP contribution in [-0.4, -0.2) is 29.8 Å². The van der Waals surface area contributed by atoms with Crippen molar-refractivity contribution in [2.45, 2.75) is 17.2 Å². The summed E-state index contributed by atoms with van der Waals surface area (Å²) in [6.07, 6.45) is 0.730. The number of carboxylic acid groups (broad SMARTS) is 1. The first-order chi connectivity index (χ1) is 8.58. The molecule has 1 aromatic rings. The van der Waals surface area contributed by atoms with Crippen LogP contribution in [0.5, 0.6) is 0 Å². The molecule has 3 rings (SSSR count). The van der Waals surface area contributed by atoms with Gasteiger partial charge >= 0.3 is 5.97 Å². The summed E-state index contributed by atoms with van der Waals surface area (Å²) >= 11 is 1.53. The minimum absolute atomic E-state index is 0.107. The largest absolute Gasteiger partial charge is 0.481 e. The molecular weight excluding hydrogens is 250 g/mol. The number of thioether (sulfide) groups is 1. The monoisotopic (exact) mass is 263 g/mol. The number of carbonyl (C=O) groups is 2. The van der Waals surface area contributed by atoms with Gasteiger partial charge in [0.25, 0.3) is 0 Å². The Morgan fingerprint density at radius 2 is 2.28 bits per heavy atom. The average Bonchev–Trinajstić information content (AvgIpc) is 3.14. The third kappa shape index (κ3) is 1.79. The molecule has 5 heteroatoms. The number of aliphatic carboxylic acids is 1. The molecule has 1 saturated carbocycles. The molecule has 0 saturated heterocycles. The topological polar surface area (TPSA) is 57.6 Å². The molecule has 2 aliphatic rings. The molecule has 1 fully saturated rings. The number of rotatable bonds is 2. The lowest BCUT2D eigenvalue weighted by atomic mass is 10.1. The van der Waals surface area contributed by atoms with Crippen molar-refractivity contribution in [3.05, 3.63) is 23.8 Å². The molecule has 0 radical (unpaired) electrons. The lowest BCUT2D eigenvalue weighted by Gasteiger charge is -2.25. The van der Waals surface area contributed by atoms with Crippen LogP contribution in [0.2, 0.25) is 0 Å². The highest BCUT2D eigenvalue weighted by Gasteiger charge is 2.44. The van der Waals surface area contributed by atoms with Crippen LogP contribution in [0.3, 0.4) is 0 Å². The number of fused-ring (bicyclic) bond motifs is 1. The Hall–Kier alpha value is -1.49. The number of anilines is 1. The van der Waals surface area contributed by atoms with Crippen molar-refractivity contribution in [1.29, 1.82) is 0 Å². The molecule has 2 atom stereocenters. The minimum Gasteiger partial charge on any atom is -0.481 e. The molecule has 4 nitrogen and oxygen atoms in total. The summed E-state index contributed by atoms with van der Waals surface area (Å²) in [6, 6.07) is 5.91. The van der Waals surface area contributed by atoms with Crippen LogP contribution in [-0.2, 0) is 9.59 Å². The summed E-state index contributed by atoms with van der Waals surface area (Å²) < 4.78 is 0. The van der Waals surface area contributed by atoms with E-state index in [-0.39, 0.29) is 17.7 Å². The van der Waals surface area contributed by atoms with E-state index in [1.54, 1.807) is 11.9 Å². The second-order valence-electron chi connectivity index (χ2n) is 4.76. The third-order valence-corrected chi connectivity index (χ3v) is 4.64. The van der Waals surface area contributed by atoms with Gasteiger partial charge in [0.2, 0.25) is 5.91 Å². The number of carbonyl (C=O) groups excluding carboxylic acids is 1. The fourth-order valence-corrected chi connectivity index (χ4v) is 3.41. The molecule has 1 aromatic carbocycles. The third-order valence-electron chi connectivity index (χ3n) is 3.61. The summed E-state index contributed by atoms with van der Waals surface area (Å²) in [5.74, 6) is -0.222. The van der Waals surface area contributed by atoms with Gasteiger partial charge in [-0.3, -0.25) is 9.59 Å². The van der Waals surface area contributed by atoms with Crippen LogP contribution in [0.25, 0.3) is 0 Å². The predicted octanol–water partition coefficient (Wildman–Crippen LogP) is 1.94. The Bertz CT molecular complexity index is 543. The first kappa shape index (κ1) is 11.6. The molecule has 1 N–H and O–H groups in total. The summed E-state index contributed by atoms with van der Waals surface area (Å²) in [5.41, 5.74) is 2.00. The smallest absolute Gasteiger partial charge is 0.307 e. The van der Waals surface area contributed by atoms with E-state index in [9.17, 15) is 9.59 Å². The van der Waals surface area contributed by atoms with E-state index in [2.05, 4.69) is 0 Å². The summed E-state index contributed by atoms with van der Waals surface area (Å²) in [4.78, 5) is 25.2. The van der Waals surface area contributed by atoms with Gasteiger partial charge in [-0.15, -0.1) is 11.8 Å². The van der Waals surface area contributed by atoms with Gasteiger partial charge in [0.15, 0.2) is 0 Å². The minimum atomic E-state index is -0.710. The van der Waals surface area contributed by atoms with Crippen LogP contribution >= 0.6 is 11.8 Å². The second kappa shape index (κ2) is 4.02. The van der Waals surface area contributed by atoms with Gasteiger partial charge in [-0.2, -0.15) is 0 Å². The number of hydrogen-bond acceptors (Lipinski definition) is 3. The maximum absolute atomic E-state index is 11.6. The van der Waals surface area contributed by atoms with E-state index in [1.807, 2.05) is 18.2 Å². The van der Waals surface area contributed by atoms with Crippen molar-refractivity contribution in [1.82, 2.24) is 0 Å². The van der Waals surface area contributed by atoms with Crippen molar-refractivity contribution in [2.24, 2.45) is 5.92 Å². The predicted molar refractivity (Wildman–Crippen MR) is 69.1 cm³/mol. The Labute approximate surface area is 109 Å². The van der Waals surface area contributed by atoms with Gasteiger partial charge in [-0.1, -0.05) is 6.07 Å². The quantitative estimate of drug-likeness (QED) is 0.886. The van der Waals surface area contributed by atoms with Crippen LogP contribution in [0, 0.1) is 5.92 Å². The molecule has 0 spiro atoms. The number of hydrogen-bond donors (Lipinski definition) is 1. The number of benzene rings is 1. The van der Waals surface area contributed by atoms with Crippen molar-refractivity contribution in [2.75, 3.05) is 17.7 Å². The van der Waals surface area contributed by atoms with Gasteiger partial charge in [-0.25, -0.2) is 0 Å². The maximum atomic E-state index is 11.6. The van der Waals surface area contributed by atoms with E-state index >= 15 is 0 Å². The molecule has 0 bridgehead atoms. The van der Waals surface area contributed by atoms with Crippen molar-refractivity contribution in [3.8, 4) is 0 Å². The van der Waals surface area contributed by atoms with Crippen molar-refractivity contribution in [3.63, 3.8) is 0 Å². The lowest BCUT2D eigenvalue weighted by Crippen LogP contribution is -2.31. The molecule has 2 unspecified atom stereocenters. The van der Waals surface area contributed by atoms with Crippen LogP contribution in [0.4, 0.5) is 5.69 Å². The Morgan fingerprint density at radius 1 is 1.50 bits per heavy atom. The van der Waals surface area contributed by atoms with E-state index in [4.69, 9.17) is 5.11 Å². The first-order valence-electron chi connectivity index (χ1n) is 5.84. The van der Waals surface area contributed by atoms with Gasteiger partial charge < -0.3 is 10.0 Å². The van der Waals surface area contributed by atoms with Crippen molar-refractivity contribution >= 4 is 29.3 Å². The van der Waals surface area contributed by atoms with E-state index in [1.165, 1.54) is 11.8 Å². The Balaban J connectivity index is 1.89. The SMILES string of the molecule is CN1C(=O)CSc2cc(C3CC3C(=O)O)ccc21. The van der Waals surface area contributed by atoms with Gasteiger partial charge in [0.1, 0.15) is 0 Å². The molecule has 0 aromatic heterocycles. The highest BCUT2D eigenvalue weighted by Crippen LogP contribution is 2.49. The molecule has 94 valence electrons. The maximum Gasteiger partial charge on any atom is 0.307 e. The number of nitrogens with zero attached hydrogens (tertiary/aromatic N) is 1.